The van der Waals surface area contributed by atoms with Crippen molar-refractivity contribution in [2.24, 2.45) is 0 Å². The van der Waals surface area contributed by atoms with Gasteiger partial charge in [-0.3, -0.25) is 4.79 Å². The monoisotopic (exact) mass is 477 g/mol. The van der Waals surface area contributed by atoms with Gasteiger partial charge in [-0.25, -0.2) is 0 Å². The van der Waals surface area contributed by atoms with E-state index in [-0.39, 0.29) is 10.7 Å². The predicted molar refractivity (Wildman–Crippen MR) is 121 cm³/mol. The number of fused-ring (bicyclic) bond motifs is 1. The number of hydrogen-bond donors (Lipinski definition) is 2. The zero-order chi connectivity index (χ0) is 23.6. The first-order valence-electron chi connectivity index (χ1n) is 10.7. The number of aromatic nitrogens is 3. The van der Waals surface area contributed by atoms with Gasteiger partial charge in [0.1, 0.15) is 11.9 Å². The summed E-state index contributed by atoms with van der Waals surface area (Å²) in [6.45, 7) is 2.48. The lowest BCUT2D eigenvalue weighted by Crippen LogP contribution is -2.32. The highest BCUT2D eigenvalue weighted by Crippen LogP contribution is 2.34. The first-order valence-corrected chi connectivity index (χ1v) is 11.1. The Morgan fingerprint density at radius 3 is 2.73 bits per heavy atom. The SMILES string of the molecule is C[C@@H](Nc1cccc(-c2nnc3n2CCCCC3)c1)C(=O)Nc1cc(C(F)(F)F)ccc1Cl. The average Bonchev–Trinajstić information content (AvgIpc) is 3.03. The third kappa shape index (κ3) is 5.30. The van der Waals surface area contributed by atoms with Crippen molar-refractivity contribution in [2.45, 2.75) is 51.4 Å². The van der Waals surface area contributed by atoms with Gasteiger partial charge in [-0.2, -0.15) is 13.2 Å². The number of aryl methyl sites for hydroxylation is 1. The molecule has 0 saturated carbocycles. The van der Waals surface area contributed by atoms with Crippen molar-refractivity contribution in [3.8, 4) is 11.4 Å². The molecular weight excluding hydrogens is 455 g/mol. The molecule has 1 aromatic heterocycles. The molecule has 1 amide bonds. The molecule has 2 aromatic carbocycles. The van der Waals surface area contributed by atoms with Crippen LogP contribution in [0, 0.1) is 0 Å². The molecule has 0 unspecified atom stereocenters. The molecule has 33 heavy (non-hydrogen) atoms. The predicted octanol–water partition coefficient (Wildman–Crippen LogP) is 5.78. The van der Waals surface area contributed by atoms with E-state index < -0.39 is 23.7 Å². The van der Waals surface area contributed by atoms with Gasteiger partial charge in [0.05, 0.1) is 16.3 Å². The van der Waals surface area contributed by atoms with E-state index in [1.165, 1.54) is 0 Å². The lowest BCUT2D eigenvalue weighted by Gasteiger charge is -2.17. The summed E-state index contributed by atoms with van der Waals surface area (Å²) < 4.78 is 41.1. The number of alkyl halides is 3. The molecular formula is C23H23ClF3N5O. The number of halogens is 4. The summed E-state index contributed by atoms with van der Waals surface area (Å²) in [7, 11) is 0. The van der Waals surface area contributed by atoms with Crippen molar-refractivity contribution < 1.29 is 18.0 Å². The van der Waals surface area contributed by atoms with Crippen LogP contribution in [-0.2, 0) is 23.9 Å². The van der Waals surface area contributed by atoms with Gasteiger partial charge in [-0.1, -0.05) is 30.2 Å². The van der Waals surface area contributed by atoms with E-state index in [4.69, 9.17) is 11.6 Å². The van der Waals surface area contributed by atoms with Crippen LogP contribution in [0.15, 0.2) is 42.5 Å². The molecule has 1 aliphatic heterocycles. The van der Waals surface area contributed by atoms with Gasteiger partial charge in [-0.05, 0) is 50.1 Å². The molecule has 2 N–H and O–H groups in total. The van der Waals surface area contributed by atoms with E-state index in [0.29, 0.717) is 5.69 Å². The highest BCUT2D eigenvalue weighted by atomic mass is 35.5. The second-order valence-corrected chi connectivity index (χ2v) is 8.44. The van der Waals surface area contributed by atoms with Crippen LogP contribution in [0.1, 0.15) is 37.6 Å². The lowest BCUT2D eigenvalue weighted by atomic mass is 10.1. The molecule has 174 valence electrons. The van der Waals surface area contributed by atoms with Crippen LogP contribution in [0.3, 0.4) is 0 Å². The van der Waals surface area contributed by atoms with Gasteiger partial charge in [0.2, 0.25) is 5.91 Å². The zero-order valence-corrected chi connectivity index (χ0v) is 18.7. The summed E-state index contributed by atoms with van der Waals surface area (Å²) in [4.78, 5) is 12.6. The molecule has 1 aliphatic rings. The topological polar surface area (TPSA) is 71.8 Å². The summed E-state index contributed by atoms with van der Waals surface area (Å²) in [5.74, 6) is 1.24. The van der Waals surface area contributed by atoms with Gasteiger partial charge in [0.15, 0.2) is 5.82 Å². The Hall–Kier alpha value is -3.07. The van der Waals surface area contributed by atoms with Gasteiger partial charge >= 0.3 is 6.18 Å². The Morgan fingerprint density at radius 2 is 1.94 bits per heavy atom. The van der Waals surface area contributed by atoms with Gasteiger partial charge in [0.25, 0.3) is 0 Å². The summed E-state index contributed by atoms with van der Waals surface area (Å²) in [6.07, 6.45) is -0.297. The molecule has 0 bridgehead atoms. The Morgan fingerprint density at radius 1 is 1.12 bits per heavy atom. The second-order valence-electron chi connectivity index (χ2n) is 8.03. The minimum atomic E-state index is -4.53. The number of anilines is 2. The average molecular weight is 478 g/mol. The number of carbonyl (C=O) groups is 1. The number of amides is 1. The molecule has 0 radical (unpaired) electrons. The minimum absolute atomic E-state index is 0.0260. The number of benzene rings is 2. The van der Waals surface area contributed by atoms with Crippen LogP contribution in [0.4, 0.5) is 24.5 Å². The summed E-state index contributed by atoms with van der Waals surface area (Å²) in [5.41, 5.74) is 0.568. The quantitative estimate of drug-likeness (QED) is 0.488. The number of hydrogen-bond acceptors (Lipinski definition) is 4. The van der Waals surface area contributed by atoms with E-state index in [2.05, 4.69) is 25.4 Å². The Labute approximate surface area is 194 Å². The number of rotatable bonds is 5. The summed E-state index contributed by atoms with van der Waals surface area (Å²) in [5, 5.41) is 14.3. The van der Waals surface area contributed by atoms with Gasteiger partial charge in [-0.15, -0.1) is 10.2 Å². The highest BCUT2D eigenvalue weighted by Gasteiger charge is 2.31. The molecule has 0 fully saturated rings. The molecule has 0 saturated heterocycles. The minimum Gasteiger partial charge on any atom is -0.374 e. The van der Waals surface area contributed by atoms with E-state index in [1.807, 2.05) is 24.3 Å². The Kier molecular flexibility index (Phi) is 6.60. The number of carbonyl (C=O) groups excluding carboxylic acids is 1. The van der Waals surface area contributed by atoms with Gasteiger partial charge in [0, 0.05) is 24.2 Å². The van der Waals surface area contributed by atoms with Crippen LogP contribution in [-0.4, -0.2) is 26.7 Å². The van der Waals surface area contributed by atoms with Crippen LogP contribution >= 0.6 is 11.6 Å². The second kappa shape index (κ2) is 9.43. The van der Waals surface area contributed by atoms with E-state index >= 15 is 0 Å². The fraction of sp³-hybridized carbons (Fsp3) is 0.348. The fourth-order valence-electron chi connectivity index (χ4n) is 3.80. The first kappa shape index (κ1) is 23.1. The Balaban J connectivity index is 1.48. The van der Waals surface area contributed by atoms with Crippen LogP contribution in [0.5, 0.6) is 0 Å². The lowest BCUT2D eigenvalue weighted by molar-refractivity contribution is -0.137. The Bertz CT molecular complexity index is 1160. The van der Waals surface area contributed by atoms with Crippen LogP contribution < -0.4 is 10.6 Å². The van der Waals surface area contributed by atoms with Crippen molar-refractivity contribution in [3.63, 3.8) is 0 Å². The molecule has 3 aromatic rings. The first-order chi connectivity index (χ1) is 15.7. The number of nitrogens with zero attached hydrogens (tertiary/aromatic N) is 3. The summed E-state index contributed by atoms with van der Waals surface area (Å²) >= 11 is 5.99. The molecule has 6 nitrogen and oxygen atoms in total. The molecule has 0 aliphatic carbocycles. The van der Waals surface area contributed by atoms with E-state index in [1.54, 1.807) is 6.92 Å². The van der Waals surface area contributed by atoms with Crippen LogP contribution in [0.25, 0.3) is 11.4 Å². The van der Waals surface area contributed by atoms with Crippen molar-refractivity contribution in [1.29, 1.82) is 0 Å². The number of nitrogens with one attached hydrogen (secondary N) is 2. The maximum absolute atomic E-state index is 13.0. The van der Waals surface area contributed by atoms with Crippen molar-refractivity contribution in [2.75, 3.05) is 10.6 Å². The molecule has 4 rings (SSSR count). The van der Waals surface area contributed by atoms with Crippen molar-refractivity contribution in [3.05, 3.63) is 58.9 Å². The standard InChI is InChI=1S/C23H23ClF3N5O/c1-14(22(33)29-19-13-16(23(25,26)27)9-10-18(19)24)28-17-7-5-6-15(12-17)21-31-30-20-8-3-2-4-11-32(20)21/h5-7,9-10,12-14,28H,2-4,8,11H2,1H3,(H,29,33)/t14-/m1/s1. The molecule has 1 atom stereocenters. The van der Waals surface area contributed by atoms with E-state index in [0.717, 1.165) is 67.6 Å². The summed E-state index contributed by atoms with van der Waals surface area (Å²) in [6, 6.07) is 9.55. The molecule has 0 spiro atoms. The highest BCUT2D eigenvalue weighted by molar-refractivity contribution is 6.33. The fourth-order valence-corrected chi connectivity index (χ4v) is 3.97. The maximum Gasteiger partial charge on any atom is 0.416 e. The third-order valence-corrected chi connectivity index (χ3v) is 5.89. The normalized spacial score (nSPS) is 14.8. The molecule has 2 heterocycles. The maximum atomic E-state index is 13.0. The molecule has 10 heteroatoms. The smallest absolute Gasteiger partial charge is 0.374 e. The van der Waals surface area contributed by atoms with Gasteiger partial charge < -0.3 is 15.2 Å². The van der Waals surface area contributed by atoms with Crippen LogP contribution in [0.2, 0.25) is 5.02 Å². The van der Waals surface area contributed by atoms with Crippen molar-refractivity contribution in [1.82, 2.24) is 14.8 Å². The van der Waals surface area contributed by atoms with Crippen molar-refractivity contribution >= 4 is 28.9 Å². The zero-order valence-electron chi connectivity index (χ0n) is 17.9. The van der Waals surface area contributed by atoms with E-state index in [9.17, 15) is 18.0 Å². The third-order valence-electron chi connectivity index (χ3n) is 5.56. The largest absolute Gasteiger partial charge is 0.416 e.